The topological polar surface area (TPSA) is 127 Å². The van der Waals surface area contributed by atoms with E-state index in [1.165, 1.54) is 44.6 Å². The lowest BCUT2D eigenvalue weighted by molar-refractivity contribution is -0.118. The molecule has 0 aliphatic heterocycles. The molecule has 0 unspecified atom stereocenters. The first-order valence-corrected chi connectivity index (χ1v) is 12.7. The number of halogens is 1. The van der Waals surface area contributed by atoms with Gasteiger partial charge in [-0.05, 0) is 102 Å². The van der Waals surface area contributed by atoms with Crippen LogP contribution in [0.5, 0.6) is 11.5 Å². The molecule has 0 aromatic heterocycles. The Hall–Kier alpha value is -4.37. The summed E-state index contributed by atoms with van der Waals surface area (Å²) in [7, 11) is 2.74. The maximum Gasteiger partial charge on any atom is 0.337 e. The molecule has 0 fully saturated rings. The Morgan fingerprint density at radius 1 is 1.03 bits per heavy atom. The number of methoxy groups -OCH3 is 2. The summed E-state index contributed by atoms with van der Waals surface area (Å²) < 4.78 is 16.5. The molecular weight excluding hydrogens is 613 g/mol. The molecule has 0 aliphatic rings. The first-order chi connectivity index (χ1) is 18.7. The third-order valence-electron chi connectivity index (χ3n) is 5.72. The molecule has 9 nitrogen and oxygen atoms in total. The van der Waals surface area contributed by atoms with Gasteiger partial charge in [-0.25, -0.2) is 4.79 Å². The Bertz CT molecular complexity index is 1480. The molecule has 0 heterocycles. The van der Waals surface area contributed by atoms with E-state index in [4.69, 9.17) is 9.47 Å². The number of aryl methyl sites for hydroxylation is 1. The van der Waals surface area contributed by atoms with Gasteiger partial charge in [-0.1, -0.05) is 12.1 Å². The smallest absolute Gasteiger partial charge is 0.337 e. The molecule has 39 heavy (non-hydrogen) atoms. The zero-order valence-corrected chi connectivity index (χ0v) is 23.9. The normalized spacial score (nSPS) is 10.7. The van der Waals surface area contributed by atoms with Crippen LogP contribution in [0.15, 0.2) is 60.2 Å². The van der Waals surface area contributed by atoms with Crippen molar-refractivity contribution in [3.63, 3.8) is 0 Å². The molecule has 0 saturated carbocycles. The standard InChI is InChI=1S/C29H26IN3O6/c1-17-6-5-7-24(18(17)2)33-26(34)16-39-27-23(30)13-19(14-25(27)37-3)12-21(15-31)28(35)32-22-10-8-20(9-11-22)29(36)38-4/h5-14H,16H2,1-4H3,(H,32,35)(H,33,34)/b21-12-. The van der Waals surface area contributed by atoms with Crippen molar-refractivity contribution in [2.24, 2.45) is 0 Å². The molecule has 10 heteroatoms. The number of hydrogen-bond acceptors (Lipinski definition) is 7. The lowest BCUT2D eigenvalue weighted by Crippen LogP contribution is -2.21. The number of carbonyl (C=O) groups is 3. The molecule has 0 bridgehead atoms. The van der Waals surface area contributed by atoms with Gasteiger partial charge in [0.15, 0.2) is 18.1 Å². The second-order valence-electron chi connectivity index (χ2n) is 8.31. The summed E-state index contributed by atoms with van der Waals surface area (Å²) in [5, 5.41) is 15.1. The van der Waals surface area contributed by atoms with Gasteiger partial charge in [0.2, 0.25) is 0 Å². The minimum absolute atomic E-state index is 0.147. The van der Waals surface area contributed by atoms with Gasteiger partial charge < -0.3 is 24.8 Å². The predicted molar refractivity (Wildman–Crippen MR) is 156 cm³/mol. The van der Waals surface area contributed by atoms with Crippen molar-refractivity contribution in [2.45, 2.75) is 13.8 Å². The molecule has 3 rings (SSSR count). The molecule has 0 aliphatic carbocycles. The minimum Gasteiger partial charge on any atom is -0.493 e. The van der Waals surface area contributed by atoms with Crippen LogP contribution < -0.4 is 20.1 Å². The Kier molecular flexibility index (Phi) is 10.1. The zero-order valence-electron chi connectivity index (χ0n) is 21.8. The van der Waals surface area contributed by atoms with E-state index in [0.717, 1.165) is 11.1 Å². The average molecular weight is 639 g/mol. The Balaban J connectivity index is 1.73. The fraction of sp³-hybridized carbons (Fsp3) is 0.172. The lowest BCUT2D eigenvalue weighted by atomic mass is 10.1. The lowest BCUT2D eigenvalue weighted by Gasteiger charge is -2.15. The van der Waals surface area contributed by atoms with Crippen LogP contribution in [0.4, 0.5) is 11.4 Å². The fourth-order valence-corrected chi connectivity index (χ4v) is 4.28. The van der Waals surface area contributed by atoms with Crippen molar-refractivity contribution in [3.05, 3.63) is 86.0 Å². The molecule has 2 amide bonds. The third kappa shape index (κ3) is 7.58. The average Bonchev–Trinajstić information content (AvgIpc) is 2.93. The van der Waals surface area contributed by atoms with Crippen LogP contribution >= 0.6 is 22.6 Å². The van der Waals surface area contributed by atoms with Crippen molar-refractivity contribution in [1.29, 1.82) is 5.26 Å². The summed E-state index contributed by atoms with van der Waals surface area (Å²) in [6.45, 7) is 3.66. The van der Waals surface area contributed by atoms with Crippen molar-refractivity contribution >= 4 is 57.8 Å². The zero-order chi connectivity index (χ0) is 28.5. The van der Waals surface area contributed by atoms with Gasteiger partial charge in [-0.15, -0.1) is 0 Å². The molecule has 3 aromatic rings. The molecule has 0 saturated heterocycles. The van der Waals surface area contributed by atoms with Crippen molar-refractivity contribution < 1.29 is 28.6 Å². The van der Waals surface area contributed by atoms with E-state index in [2.05, 4.69) is 15.4 Å². The van der Waals surface area contributed by atoms with E-state index < -0.39 is 11.9 Å². The summed E-state index contributed by atoms with van der Waals surface area (Å²) >= 11 is 2.03. The van der Waals surface area contributed by atoms with Crippen LogP contribution in [0.3, 0.4) is 0 Å². The van der Waals surface area contributed by atoms with Gasteiger partial charge in [0.25, 0.3) is 11.8 Å². The van der Waals surface area contributed by atoms with E-state index in [-0.39, 0.29) is 18.1 Å². The minimum atomic E-state index is -0.624. The van der Waals surface area contributed by atoms with Crippen LogP contribution in [0.25, 0.3) is 6.08 Å². The largest absolute Gasteiger partial charge is 0.493 e. The molecule has 200 valence electrons. The second kappa shape index (κ2) is 13.4. The number of hydrogen-bond donors (Lipinski definition) is 2. The number of carbonyl (C=O) groups excluding carboxylic acids is 3. The van der Waals surface area contributed by atoms with Crippen LogP contribution in [-0.2, 0) is 14.3 Å². The Labute approximate surface area is 239 Å². The molecule has 2 N–H and O–H groups in total. The van der Waals surface area contributed by atoms with Crippen molar-refractivity contribution in [1.82, 2.24) is 0 Å². The predicted octanol–water partition coefficient (Wildman–Crippen LogP) is 5.27. The van der Waals surface area contributed by atoms with E-state index in [9.17, 15) is 19.6 Å². The van der Waals surface area contributed by atoms with Crippen molar-refractivity contribution in [3.8, 4) is 17.6 Å². The third-order valence-corrected chi connectivity index (χ3v) is 6.52. The molecule has 0 spiro atoms. The number of esters is 1. The number of nitrogens with one attached hydrogen (secondary N) is 2. The van der Waals surface area contributed by atoms with Crippen LogP contribution in [-0.4, -0.2) is 38.6 Å². The van der Waals surface area contributed by atoms with Crippen LogP contribution in [0, 0.1) is 28.7 Å². The number of amides is 2. The Morgan fingerprint density at radius 2 is 1.74 bits per heavy atom. The first kappa shape index (κ1) is 29.2. The molecule has 0 radical (unpaired) electrons. The van der Waals surface area contributed by atoms with Crippen LogP contribution in [0.1, 0.15) is 27.0 Å². The Morgan fingerprint density at radius 3 is 2.38 bits per heavy atom. The van der Waals surface area contributed by atoms with E-state index in [0.29, 0.717) is 37.6 Å². The van der Waals surface area contributed by atoms with Gasteiger partial charge in [-0.2, -0.15) is 5.26 Å². The van der Waals surface area contributed by atoms with E-state index in [1.54, 1.807) is 12.1 Å². The number of benzene rings is 3. The number of ether oxygens (including phenoxy) is 3. The number of nitriles is 1. The number of anilines is 2. The molecule has 0 atom stereocenters. The summed E-state index contributed by atoms with van der Waals surface area (Å²) in [5.41, 5.74) is 3.87. The molecular formula is C29H26IN3O6. The highest BCUT2D eigenvalue weighted by atomic mass is 127. The fourth-order valence-electron chi connectivity index (χ4n) is 3.49. The van der Waals surface area contributed by atoms with Gasteiger partial charge in [0.05, 0.1) is 23.4 Å². The van der Waals surface area contributed by atoms with Crippen molar-refractivity contribution in [2.75, 3.05) is 31.5 Å². The molecule has 3 aromatic carbocycles. The highest BCUT2D eigenvalue weighted by molar-refractivity contribution is 14.1. The maximum atomic E-state index is 12.7. The number of rotatable bonds is 9. The van der Waals surface area contributed by atoms with Gasteiger partial charge in [-0.3, -0.25) is 9.59 Å². The van der Waals surface area contributed by atoms with Gasteiger partial charge >= 0.3 is 5.97 Å². The second-order valence-corrected chi connectivity index (χ2v) is 9.47. The van der Waals surface area contributed by atoms with Gasteiger partial charge in [0, 0.05) is 11.4 Å². The SMILES string of the molecule is COC(=O)c1ccc(NC(=O)/C(C#N)=C\c2cc(I)c(OCC(=O)Nc3cccc(C)c3C)c(OC)c2)cc1. The summed E-state index contributed by atoms with van der Waals surface area (Å²) in [5.74, 6) is -0.749. The summed E-state index contributed by atoms with van der Waals surface area (Å²) in [6, 6.07) is 17.0. The quantitative estimate of drug-likeness (QED) is 0.142. The summed E-state index contributed by atoms with van der Waals surface area (Å²) in [4.78, 5) is 36.8. The highest BCUT2D eigenvalue weighted by Gasteiger charge is 2.16. The van der Waals surface area contributed by atoms with E-state index >= 15 is 0 Å². The highest BCUT2D eigenvalue weighted by Crippen LogP contribution is 2.35. The summed E-state index contributed by atoms with van der Waals surface area (Å²) in [6.07, 6.45) is 1.42. The van der Waals surface area contributed by atoms with E-state index in [1.807, 2.05) is 60.7 Å². The number of nitrogens with zero attached hydrogens (tertiary/aromatic N) is 1. The van der Waals surface area contributed by atoms with Crippen LogP contribution in [0.2, 0.25) is 0 Å². The maximum absolute atomic E-state index is 12.7. The monoisotopic (exact) mass is 639 g/mol. The first-order valence-electron chi connectivity index (χ1n) is 11.6. The van der Waals surface area contributed by atoms with Gasteiger partial charge in [0.1, 0.15) is 11.6 Å².